The highest BCUT2D eigenvalue weighted by Gasteiger charge is 2.22. The molecule has 0 saturated carbocycles. The van der Waals surface area contributed by atoms with E-state index in [0.717, 1.165) is 18.2 Å². The van der Waals surface area contributed by atoms with E-state index in [-0.39, 0.29) is 5.69 Å². The Balaban J connectivity index is 2.17. The van der Waals surface area contributed by atoms with Gasteiger partial charge in [0.05, 0.1) is 0 Å². The molecular formula is C12H11F2N3O3S. The Labute approximate surface area is 119 Å². The molecular weight excluding hydrogens is 304 g/mol. The smallest absolute Gasteiger partial charge is 0.282 e. The molecule has 2 aromatic rings. The number of nitrogens with zero attached hydrogens (tertiary/aromatic N) is 1. The lowest BCUT2D eigenvalue weighted by Crippen LogP contribution is -2.42. The number of hydrogen-bond acceptors (Lipinski definition) is 3. The Hall–Kier alpha value is -2.26. The molecule has 1 aromatic heterocycles. The number of nitrogens with one attached hydrogen (secondary N) is 2. The molecule has 0 spiro atoms. The summed E-state index contributed by atoms with van der Waals surface area (Å²) in [5.41, 5.74) is 2.12. The van der Waals surface area contributed by atoms with Gasteiger partial charge in [-0.3, -0.25) is 10.2 Å². The number of carbonyl (C=O) groups excluding carboxylic acids is 1. The minimum absolute atomic E-state index is 0.192. The average Bonchev–Trinajstić information content (AvgIpc) is 2.85. The van der Waals surface area contributed by atoms with E-state index in [9.17, 15) is 22.0 Å². The second kappa shape index (κ2) is 5.62. The standard InChI is InChI=1S/C12H11F2N3O3S/c1-17-7-3-5-9(17)12(18)15-16-21(19,20)10-6-2-4-8(13)11(10)14/h2-7,16H,1H3,(H,15,18). The first-order chi connectivity index (χ1) is 9.83. The van der Waals surface area contributed by atoms with Crippen LogP contribution >= 0.6 is 0 Å². The van der Waals surface area contributed by atoms with E-state index in [1.807, 2.05) is 5.43 Å². The first-order valence-corrected chi connectivity index (χ1v) is 7.19. The van der Waals surface area contributed by atoms with Gasteiger partial charge in [-0.25, -0.2) is 17.2 Å². The predicted octanol–water partition coefficient (Wildman–Crippen LogP) is 0.927. The number of hydrazine groups is 1. The molecule has 0 aliphatic heterocycles. The van der Waals surface area contributed by atoms with E-state index < -0.39 is 32.5 Å². The van der Waals surface area contributed by atoms with Crippen molar-refractivity contribution in [3.05, 3.63) is 53.9 Å². The summed E-state index contributed by atoms with van der Waals surface area (Å²) >= 11 is 0. The van der Waals surface area contributed by atoms with E-state index in [4.69, 9.17) is 0 Å². The quantitative estimate of drug-likeness (QED) is 0.824. The molecule has 0 saturated heterocycles. The Morgan fingerprint density at radius 1 is 1.19 bits per heavy atom. The second-order valence-electron chi connectivity index (χ2n) is 4.12. The van der Waals surface area contributed by atoms with E-state index in [1.165, 1.54) is 10.6 Å². The summed E-state index contributed by atoms with van der Waals surface area (Å²) in [6, 6.07) is 5.78. The molecule has 6 nitrogen and oxygen atoms in total. The molecule has 2 rings (SSSR count). The molecule has 1 amide bonds. The molecule has 1 aromatic carbocycles. The molecule has 2 N–H and O–H groups in total. The molecule has 21 heavy (non-hydrogen) atoms. The number of aryl methyl sites for hydroxylation is 1. The highest BCUT2D eigenvalue weighted by molar-refractivity contribution is 7.89. The van der Waals surface area contributed by atoms with Gasteiger partial charge >= 0.3 is 0 Å². The zero-order chi connectivity index (χ0) is 15.6. The number of sulfonamides is 1. The van der Waals surface area contributed by atoms with Gasteiger partial charge in [-0.1, -0.05) is 6.07 Å². The van der Waals surface area contributed by atoms with Crippen molar-refractivity contribution in [3.63, 3.8) is 0 Å². The van der Waals surface area contributed by atoms with Crippen molar-refractivity contribution < 1.29 is 22.0 Å². The zero-order valence-corrected chi connectivity index (χ0v) is 11.6. The number of aromatic nitrogens is 1. The third-order valence-electron chi connectivity index (χ3n) is 2.68. The monoisotopic (exact) mass is 315 g/mol. The lowest BCUT2D eigenvalue weighted by molar-refractivity contribution is 0.0937. The van der Waals surface area contributed by atoms with Crippen LogP contribution in [-0.4, -0.2) is 18.9 Å². The molecule has 9 heteroatoms. The minimum Gasteiger partial charge on any atom is -0.347 e. The zero-order valence-electron chi connectivity index (χ0n) is 10.8. The molecule has 0 aliphatic rings. The fourth-order valence-electron chi connectivity index (χ4n) is 1.62. The number of benzene rings is 1. The van der Waals surface area contributed by atoms with Gasteiger partial charge in [-0.15, -0.1) is 4.83 Å². The molecule has 1 heterocycles. The van der Waals surface area contributed by atoms with Crippen LogP contribution in [0.15, 0.2) is 41.4 Å². The van der Waals surface area contributed by atoms with Gasteiger partial charge in [0.25, 0.3) is 15.9 Å². The van der Waals surface area contributed by atoms with Crippen molar-refractivity contribution in [1.82, 2.24) is 14.8 Å². The van der Waals surface area contributed by atoms with Crippen LogP contribution in [0.4, 0.5) is 8.78 Å². The number of amides is 1. The Kier molecular flexibility index (Phi) is 4.05. The van der Waals surface area contributed by atoms with Crippen LogP contribution in [0.3, 0.4) is 0 Å². The van der Waals surface area contributed by atoms with Gasteiger partial charge in [0, 0.05) is 13.2 Å². The van der Waals surface area contributed by atoms with Crippen LogP contribution in [0.25, 0.3) is 0 Å². The molecule has 0 unspecified atom stereocenters. The number of halogens is 2. The minimum atomic E-state index is -4.42. The predicted molar refractivity (Wildman–Crippen MR) is 69.6 cm³/mol. The molecule has 0 aliphatic carbocycles. The third kappa shape index (κ3) is 3.09. The van der Waals surface area contributed by atoms with E-state index >= 15 is 0 Å². The van der Waals surface area contributed by atoms with Crippen molar-refractivity contribution in [1.29, 1.82) is 0 Å². The Morgan fingerprint density at radius 3 is 2.52 bits per heavy atom. The molecule has 0 atom stereocenters. The molecule has 0 bridgehead atoms. The fraction of sp³-hybridized carbons (Fsp3) is 0.0833. The Bertz CT molecular complexity index is 787. The van der Waals surface area contributed by atoms with Crippen molar-refractivity contribution in [2.75, 3.05) is 0 Å². The lowest BCUT2D eigenvalue weighted by atomic mass is 10.3. The number of rotatable bonds is 4. The van der Waals surface area contributed by atoms with Crippen LogP contribution < -0.4 is 10.3 Å². The van der Waals surface area contributed by atoms with Crippen molar-refractivity contribution >= 4 is 15.9 Å². The van der Waals surface area contributed by atoms with Gasteiger partial charge in [-0.05, 0) is 24.3 Å². The van der Waals surface area contributed by atoms with Gasteiger partial charge in [0.2, 0.25) is 0 Å². The SMILES string of the molecule is Cn1cccc1C(=O)NNS(=O)(=O)c1cccc(F)c1F. The van der Waals surface area contributed by atoms with Crippen LogP contribution in [-0.2, 0) is 17.1 Å². The summed E-state index contributed by atoms with van der Waals surface area (Å²) in [4.78, 5) is 12.5. The first kappa shape index (κ1) is 15.1. The van der Waals surface area contributed by atoms with Crippen LogP contribution in [0.5, 0.6) is 0 Å². The summed E-state index contributed by atoms with van der Waals surface area (Å²) < 4.78 is 51.6. The first-order valence-electron chi connectivity index (χ1n) is 5.70. The Morgan fingerprint density at radius 2 is 1.90 bits per heavy atom. The topological polar surface area (TPSA) is 80.2 Å². The summed E-state index contributed by atoms with van der Waals surface area (Å²) in [6.07, 6.45) is 1.59. The van der Waals surface area contributed by atoms with Crippen LogP contribution in [0.2, 0.25) is 0 Å². The van der Waals surface area contributed by atoms with Gasteiger partial charge < -0.3 is 4.57 Å². The maximum Gasteiger partial charge on any atom is 0.282 e. The van der Waals surface area contributed by atoms with E-state index in [0.29, 0.717) is 0 Å². The van der Waals surface area contributed by atoms with E-state index in [1.54, 1.807) is 24.1 Å². The summed E-state index contributed by atoms with van der Waals surface area (Å²) in [5.74, 6) is -3.55. The van der Waals surface area contributed by atoms with Gasteiger partial charge in [0.1, 0.15) is 10.6 Å². The maximum atomic E-state index is 13.4. The number of hydrogen-bond donors (Lipinski definition) is 2. The number of carbonyl (C=O) groups is 1. The van der Waals surface area contributed by atoms with Crippen LogP contribution in [0, 0.1) is 11.6 Å². The molecule has 0 radical (unpaired) electrons. The van der Waals surface area contributed by atoms with Gasteiger partial charge in [-0.2, -0.15) is 0 Å². The normalized spacial score (nSPS) is 11.4. The highest BCUT2D eigenvalue weighted by Crippen LogP contribution is 2.16. The summed E-state index contributed by atoms with van der Waals surface area (Å²) in [6.45, 7) is 0. The molecule has 112 valence electrons. The summed E-state index contributed by atoms with van der Waals surface area (Å²) in [7, 11) is -2.83. The van der Waals surface area contributed by atoms with Gasteiger partial charge in [0.15, 0.2) is 11.6 Å². The molecule has 0 fully saturated rings. The van der Waals surface area contributed by atoms with E-state index in [2.05, 4.69) is 0 Å². The van der Waals surface area contributed by atoms with Crippen molar-refractivity contribution in [2.45, 2.75) is 4.90 Å². The average molecular weight is 315 g/mol. The lowest BCUT2D eigenvalue weighted by Gasteiger charge is -2.09. The van der Waals surface area contributed by atoms with Crippen LogP contribution in [0.1, 0.15) is 10.5 Å². The van der Waals surface area contributed by atoms with Crippen molar-refractivity contribution in [3.8, 4) is 0 Å². The maximum absolute atomic E-state index is 13.4. The third-order valence-corrected chi connectivity index (χ3v) is 3.95. The highest BCUT2D eigenvalue weighted by atomic mass is 32.2. The fourth-order valence-corrected chi connectivity index (χ4v) is 2.55. The second-order valence-corrected chi connectivity index (χ2v) is 5.77. The van der Waals surface area contributed by atoms with Crippen molar-refractivity contribution in [2.24, 2.45) is 7.05 Å². The largest absolute Gasteiger partial charge is 0.347 e. The summed E-state index contributed by atoms with van der Waals surface area (Å²) in [5, 5.41) is 0.